The molecule has 3 atom stereocenters. The van der Waals surface area contributed by atoms with Crippen molar-refractivity contribution in [2.75, 3.05) is 19.9 Å². The van der Waals surface area contributed by atoms with Crippen molar-refractivity contribution in [2.24, 2.45) is 0 Å². The van der Waals surface area contributed by atoms with E-state index in [1.165, 1.54) is 12.1 Å². The summed E-state index contributed by atoms with van der Waals surface area (Å²) >= 11 is 0. The van der Waals surface area contributed by atoms with Gasteiger partial charge in [-0.05, 0) is 61.7 Å². The number of hydrogen-bond acceptors (Lipinski definition) is 7. The minimum Gasteiger partial charge on any atom is -0.454 e. The highest BCUT2D eigenvalue weighted by atomic mass is 32.2. The first-order valence-corrected chi connectivity index (χ1v) is 12.1. The number of carbonyl (C=O) groups is 1. The van der Waals surface area contributed by atoms with Crippen molar-refractivity contribution < 1.29 is 36.9 Å². The van der Waals surface area contributed by atoms with Gasteiger partial charge in [-0.2, -0.15) is 0 Å². The van der Waals surface area contributed by atoms with Crippen LogP contribution in [0.4, 0.5) is 4.39 Å². The molecule has 33 heavy (non-hydrogen) atoms. The highest BCUT2D eigenvalue weighted by molar-refractivity contribution is 7.89. The number of halogens is 1. The van der Waals surface area contributed by atoms with Gasteiger partial charge in [0, 0.05) is 12.1 Å². The molecule has 11 heteroatoms. The van der Waals surface area contributed by atoms with E-state index in [2.05, 4.69) is 10.0 Å². The average Bonchev–Trinajstić information content (AvgIpc) is 3.28. The molecular weight excluding hydrogens is 455 g/mol. The van der Waals surface area contributed by atoms with Gasteiger partial charge in [0.2, 0.25) is 16.8 Å². The molecule has 0 bridgehead atoms. The normalized spacial score (nSPS) is 22.2. The molecule has 1 amide bonds. The summed E-state index contributed by atoms with van der Waals surface area (Å²) in [6.45, 7) is 0.116. The number of ether oxygens (including phenoxy) is 3. The Bertz CT molecular complexity index is 1090. The van der Waals surface area contributed by atoms with E-state index in [1.54, 1.807) is 18.2 Å². The number of fused-ring (bicyclic) bond motifs is 1. The molecule has 3 N–H and O–H groups in total. The van der Waals surface area contributed by atoms with E-state index in [1.807, 2.05) is 0 Å². The van der Waals surface area contributed by atoms with Crippen molar-refractivity contribution in [3.05, 3.63) is 53.8 Å². The second-order valence-electron chi connectivity index (χ2n) is 7.85. The van der Waals surface area contributed by atoms with Crippen LogP contribution >= 0.6 is 0 Å². The third-order valence-corrected chi connectivity index (χ3v) is 7.12. The zero-order chi connectivity index (χ0) is 23.4. The topological polar surface area (TPSA) is 123 Å². The minimum absolute atomic E-state index is 0.0612. The smallest absolute Gasteiger partial charge is 0.251 e. The van der Waals surface area contributed by atoms with E-state index < -0.39 is 28.0 Å². The van der Waals surface area contributed by atoms with Gasteiger partial charge in [0.15, 0.2) is 11.5 Å². The fourth-order valence-corrected chi connectivity index (χ4v) is 5.15. The van der Waals surface area contributed by atoms with Gasteiger partial charge in [0.05, 0.1) is 29.8 Å². The minimum atomic E-state index is -3.88. The summed E-state index contributed by atoms with van der Waals surface area (Å²) < 4.78 is 57.2. The van der Waals surface area contributed by atoms with Crippen LogP contribution in [-0.4, -0.2) is 57.6 Å². The third kappa shape index (κ3) is 5.61. The summed E-state index contributed by atoms with van der Waals surface area (Å²) in [5.74, 6) is 0.337. The van der Waals surface area contributed by atoms with E-state index >= 15 is 0 Å². The molecule has 9 nitrogen and oxygen atoms in total. The second-order valence-corrected chi connectivity index (χ2v) is 9.56. The van der Waals surface area contributed by atoms with Crippen molar-refractivity contribution >= 4 is 15.9 Å². The standard InChI is InChI=1S/C22H25FN2O7S/c23-15-2-5-17(6-3-15)33(28,29)25-18-7-4-16(32-21(18)12-26)9-10-24-22(27)14-1-8-19-20(11-14)31-13-30-19/h1-3,5-6,8,11,16,18,21,25-26H,4,7,9-10,12-13H2,(H,24,27)/t16-,18-,21-/m0/s1. The Morgan fingerprint density at radius 3 is 2.61 bits per heavy atom. The molecule has 1 fully saturated rings. The number of amides is 1. The molecule has 0 saturated carbocycles. The van der Waals surface area contributed by atoms with E-state index in [9.17, 15) is 22.7 Å². The molecule has 0 radical (unpaired) electrons. The van der Waals surface area contributed by atoms with Crippen LogP contribution in [0.3, 0.4) is 0 Å². The summed E-state index contributed by atoms with van der Waals surface area (Å²) in [6, 6.07) is 8.84. The quantitative estimate of drug-likeness (QED) is 0.524. The molecule has 2 aromatic rings. The van der Waals surface area contributed by atoms with Crippen LogP contribution < -0.4 is 19.5 Å². The molecule has 4 rings (SSSR count). The van der Waals surface area contributed by atoms with E-state index in [0.717, 1.165) is 12.1 Å². The first kappa shape index (κ1) is 23.4. The van der Waals surface area contributed by atoms with E-state index in [0.29, 0.717) is 42.9 Å². The number of aliphatic hydroxyl groups is 1. The van der Waals surface area contributed by atoms with Gasteiger partial charge >= 0.3 is 0 Å². The fourth-order valence-electron chi connectivity index (χ4n) is 3.85. The molecule has 178 valence electrons. The Morgan fingerprint density at radius 2 is 1.85 bits per heavy atom. The number of sulfonamides is 1. The van der Waals surface area contributed by atoms with Crippen molar-refractivity contribution in [2.45, 2.75) is 42.4 Å². The molecule has 1 saturated heterocycles. The molecule has 0 unspecified atom stereocenters. The lowest BCUT2D eigenvalue weighted by molar-refractivity contribution is -0.0871. The Hall–Kier alpha value is -2.73. The monoisotopic (exact) mass is 480 g/mol. The van der Waals surface area contributed by atoms with Gasteiger partial charge in [-0.1, -0.05) is 0 Å². The molecule has 0 spiro atoms. The highest BCUT2D eigenvalue weighted by Gasteiger charge is 2.34. The lowest BCUT2D eigenvalue weighted by Crippen LogP contribution is -2.51. The van der Waals surface area contributed by atoms with Crippen LogP contribution in [0.15, 0.2) is 47.4 Å². The number of rotatable bonds is 8. The average molecular weight is 481 g/mol. The Morgan fingerprint density at radius 1 is 1.09 bits per heavy atom. The van der Waals surface area contributed by atoms with E-state index in [-0.39, 0.29) is 30.3 Å². The van der Waals surface area contributed by atoms with Crippen LogP contribution in [-0.2, 0) is 14.8 Å². The highest BCUT2D eigenvalue weighted by Crippen LogP contribution is 2.32. The molecule has 2 heterocycles. The number of hydrogen-bond donors (Lipinski definition) is 3. The summed E-state index contributed by atoms with van der Waals surface area (Å²) in [6.07, 6.45) is 0.526. The van der Waals surface area contributed by atoms with Crippen LogP contribution in [0.5, 0.6) is 11.5 Å². The van der Waals surface area contributed by atoms with Crippen LogP contribution in [0.2, 0.25) is 0 Å². The molecule has 2 aromatic carbocycles. The summed E-state index contributed by atoms with van der Waals surface area (Å²) in [4.78, 5) is 12.3. The van der Waals surface area contributed by atoms with Crippen LogP contribution in [0.25, 0.3) is 0 Å². The predicted molar refractivity (Wildman–Crippen MR) is 115 cm³/mol. The van der Waals surface area contributed by atoms with Crippen molar-refractivity contribution in [1.82, 2.24) is 10.0 Å². The predicted octanol–water partition coefficient (Wildman–Crippen LogP) is 1.56. The van der Waals surface area contributed by atoms with Gasteiger partial charge in [0.1, 0.15) is 5.82 Å². The van der Waals surface area contributed by atoms with Gasteiger partial charge < -0.3 is 24.6 Å². The first-order valence-electron chi connectivity index (χ1n) is 10.6. The van der Waals surface area contributed by atoms with Gasteiger partial charge in [0.25, 0.3) is 5.91 Å². The Labute approximate surface area is 190 Å². The Balaban J connectivity index is 1.27. The second kappa shape index (κ2) is 10.0. The maximum absolute atomic E-state index is 13.1. The van der Waals surface area contributed by atoms with Crippen molar-refractivity contribution in [3.8, 4) is 11.5 Å². The molecule has 0 aliphatic carbocycles. The third-order valence-electron chi connectivity index (χ3n) is 5.61. The van der Waals surface area contributed by atoms with Gasteiger partial charge in [-0.3, -0.25) is 4.79 Å². The molecule has 0 aromatic heterocycles. The lowest BCUT2D eigenvalue weighted by atomic mass is 9.98. The maximum atomic E-state index is 13.1. The zero-order valence-corrected chi connectivity index (χ0v) is 18.5. The lowest BCUT2D eigenvalue weighted by Gasteiger charge is -2.36. The largest absolute Gasteiger partial charge is 0.454 e. The number of benzene rings is 2. The first-order chi connectivity index (χ1) is 15.9. The SMILES string of the molecule is O=C(NCC[C@@H]1CC[C@H](NS(=O)(=O)c2ccc(F)cc2)[C@H](CO)O1)c1ccc2c(c1)OCO2. The number of aliphatic hydroxyl groups excluding tert-OH is 1. The number of carbonyl (C=O) groups excluding carboxylic acids is 1. The molecule has 2 aliphatic heterocycles. The number of nitrogens with one attached hydrogen (secondary N) is 2. The summed E-state index contributed by atoms with van der Waals surface area (Å²) in [5, 5.41) is 12.5. The summed E-state index contributed by atoms with van der Waals surface area (Å²) in [7, 11) is -3.88. The molecular formula is C22H25FN2O7S. The van der Waals surface area contributed by atoms with Gasteiger partial charge in [-0.15, -0.1) is 0 Å². The summed E-state index contributed by atoms with van der Waals surface area (Å²) in [5.41, 5.74) is 0.451. The maximum Gasteiger partial charge on any atom is 0.251 e. The zero-order valence-electron chi connectivity index (χ0n) is 17.7. The van der Waals surface area contributed by atoms with Gasteiger partial charge in [-0.25, -0.2) is 17.5 Å². The van der Waals surface area contributed by atoms with Crippen molar-refractivity contribution in [3.63, 3.8) is 0 Å². The van der Waals surface area contributed by atoms with Crippen LogP contribution in [0.1, 0.15) is 29.6 Å². The Kier molecular flexibility index (Phi) is 7.13. The van der Waals surface area contributed by atoms with Crippen LogP contribution in [0, 0.1) is 5.82 Å². The fraction of sp³-hybridized carbons (Fsp3) is 0.409. The molecule has 2 aliphatic rings. The van der Waals surface area contributed by atoms with E-state index in [4.69, 9.17) is 14.2 Å². The van der Waals surface area contributed by atoms with Crippen molar-refractivity contribution in [1.29, 1.82) is 0 Å².